The summed E-state index contributed by atoms with van der Waals surface area (Å²) in [5.74, 6) is -2.51. The zero-order valence-corrected chi connectivity index (χ0v) is 15.9. The van der Waals surface area contributed by atoms with Crippen LogP contribution in [0, 0.1) is 0 Å². The van der Waals surface area contributed by atoms with Crippen molar-refractivity contribution in [2.45, 2.75) is 16.2 Å². The molecule has 0 aromatic heterocycles. The zero-order chi connectivity index (χ0) is 19.8. The third-order valence-electron chi connectivity index (χ3n) is 3.54. The van der Waals surface area contributed by atoms with Gasteiger partial charge in [0.05, 0.1) is 11.4 Å². The first-order valence-electron chi connectivity index (χ1n) is 8.10. The Morgan fingerprint density at radius 3 is 2.30 bits per heavy atom. The third kappa shape index (κ3) is 6.02. The molecule has 27 heavy (non-hydrogen) atoms. The average Bonchev–Trinajstić information content (AvgIpc) is 2.64. The van der Waals surface area contributed by atoms with Crippen LogP contribution < -0.4 is 10.6 Å². The number of carboxylic acids is 2. The predicted octanol–water partition coefficient (Wildman–Crippen LogP) is 4.00. The molecule has 142 valence electrons. The number of anilines is 2. The van der Waals surface area contributed by atoms with E-state index in [0.717, 1.165) is 18.0 Å². The summed E-state index contributed by atoms with van der Waals surface area (Å²) in [6.45, 7) is 1.61. The minimum absolute atomic E-state index is 0.558. The van der Waals surface area contributed by atoms with Crippen molar-refractivity contribution in [1.29, 1.82) is 0 Å². The summed E-state index contributed by atoms with van der Waals surface area (Å²) in [6.07, 6.45) is 2.08. The van der Waals surface area contributed by atoms with Gasteiger partial charge in [0.1, 0.15) is 0 Å². The lowest BCUT2D eigenvalue weighted by Gasteiger charge is -2.32. The van der Waals surface area contributed by atoms with Gasteiger partial charge in [-0.15, -0.1) is 0 Å². The fourth-order valence-electron chi connectivity index (χ4n) is 2.44. The van der Waals surface area contributed by atoms with Gasteiger partial charge in [-0.3, -0.25) is 0 Å². The molecule has 0 amide bonds. The molecule has 3 rings (SSSR count). The van der Waals surface area contributed by atoms with Crippen molar-refractivity contribution in [2.24, 2.45) is 5.73 Å². The molecule has 1 aliphatic heterocycles. The lowest BCUT2D eigenvalue weighted by atomic mass is 10.2. The number of fused-ring (bicyclic) bond motifs is 2. The van der Waals surface area contributed by atoms with Gasteiger partial charge >= 0.3 is 11.9 Å². The van der Waals surface area contributed by atoms with Crippen molar-refractivity contribution in [3.63, 3.8) is 0 Å². The maximum Gasteiger partial charge on any atom is 0.328 e. The molecule has 0 atom stereocenters. The lowest BCUT2D eigenvalue weighted by molar-refractivity contribution is -0.134. The van der Waals surface area contributed by atoms with E-state index in [0.29, 0.717) is 18.7 Å². The Morgan fingerprint density at radius 1 is 1.04 bits per heavy atom. The second-order valence-corrected chi connectivity index (χ2v) is 7.01. The van der Waals surface area contributed by atoms with Gasteiger partial charge in [0.2, 0.25) is 0 Å². The van der Waals surface area contributed by atoms with Crippen molar-refractivity contribution in [3.8, 4) is 0 Å². The van der Waals surface area contributed by atoms with E-state index in [2.05, 4.69) is 35.2 Å². The third-order valence-corrected chi connectivity index (χ3v) is 4.91. The first-order valence-corrected chi connectivity index (χ1v) is 9.29. The number of para-hydroxylation sites is 1. The summed E-state index contributed by atoms with van der Waals surface area (Å²) >= 11 is 7.94. The van der Waals surface area contributed by atoms with Crippen LogP contribution in [0.3, 0.4) is 0 Å². The van der Waals surface area contributed by atoms with Gasteiger partial charge in [-0.05, 0) is 43.3 Å². The minimum Gasteiger partial charge on any atom is -0.478 e. The quantitative estimate of drug-likeness (QED) is 0.644. The summed E-state index contributed by atoms with van der Waals surface area (Å²) in [4.78, 5) is 24.0. The first kappa shape index (κ1) is 20.8. The van der Waals surface area contributed by atoms with E-state index in [1.54, 1.807) is 11.8 Å². The number of hydrogen-bond donors (Lipinski definition) is 3. The molecule has 2 aromatic carbocycles. The van der Waals surface area contributed by atoms with E-state index >= 15 is 0 Å². The highest BCUT2D eigenvalue weighted by molar-refractivity contribution is 7.99. The smallest absolute Gasteiger partial charge is 0.328 e. The Labute approximate surface area is 166 Å². The monoisotopic (exact) mass is 406 g/mol. The van der Waals surface area contributed by atoms with Crippen LogP contribution in [0.15, 0.2) is 64.4 Å². The Bertz CT molecular complexity index is 841. The van der Waals surface area contributed by atoms with Gasteiger partial charge in [0.15, 0.2) is 0 Å². The highest BCUT2D eigenvalue weighted by Gasteiger charge is 2.22. The van der Waals surface area contributed by atoms with Crippen LogP contribution in [-0.4, -0.2) is 35.2 Å². The first-order chi connectivity index (χ1) is 12.9. The summed E-state index contributed by atoms with van der Waals surface area (Å²) < 4.78 is 0. The van der Waals surface area contributed by atoms with E-state index in [9.17, 15) is 9.59 Å². The molecular formula is C19H19ClN2O4S. The molecule has 4 N–H and O–H groups in total. The highest BCUT2D eigenvalue weighted by Crippen LogP contribution is 2.48. The molecule has 0 unspecified atom stereocenters. The van der Waals surface area contributed by atoms with Gasteiger partial charge in [-0.1, -0.05) is 35.5 Å². The Balaban J connectivity index is 0.000000279. The van der Waals surface area contributed by atoms with Gasteiger partial charge < -0.3 is 20.8 Å². The molecule has 0 saturated carbocycles. The molecule has 6 nitrogen and oxygen atoms in total. The topological polar surface area (TPSA) is 104 Å². The standard InChI is InChI=1S/C15H15ClN2S.C4H4O4/c16-11-6-7-15-13(10-11)18(9-3-8-17)12-4-1-2-5-14(12)19-15;5-3(6)1-2-4(7)8/h1-2,4-7,10H,3,8-9,17H2;1-2H,(H,5,6)(H,7,8)/b;2-1-. The fraction of sp³-hybridized carbons (Fsp3) is 0.158. The fourth-order valence-corrected chi connectivity index (χ4v) is 3.68. The van der Waals surface area contributed by atoms with E-state index in [4.69, 9.17) is 27.5 Å². The number of nitrogens with two attached hydrogens (primary N) is 1. The molecule has 0 spiro atoms. The Morgan fingerprint density at radius 2 is 1.67 bits per heavy atom. The maximum atomic E-state index is 9.55. The number of benzene rings is 2. The molecule has 1 aliphatic rings. The SMILES string of the molecule is NCCCN1c2ccccc2Sc2ccc(Cl)cc21.O=C(O)/C=C\C(=O)O. The molecule has 0 fully saturated rings. The predicted molar refractivity (Wildman–Crippen MR) is 107 cm³/mol. The average molecular weight is 407 g/mol. The minimum atomic E-state index is -1.26. The number of hydrogen-bond acceptors (Lipinski definition) is 5. The molecule has 1 heterocycles. The molecule has 0 aliphatic carbocycles. The van der Waals surface area contributed by atoms with Crippen LogP contribution in [-0.2, 0) is 9.59 Å². The van der Waals surface area contributed by atoms with Crippen LogP contribution in [0.5, 0.6) is 0 Å². The van der Waals surface area contributed by atoms with E-state index in [-0.39, 0.29) is 0 Å². The van der Waals surface area contributed by atoms with Crippen molar-refractivity contribution in [3.05, 3.63) is 59.6 Å². The second kappa shape index (κ2) is 10.0. The van der Waals surface area contributed by atoms with Gasteiger partial charge in [-0.25, -0.2) is 9.59 Å². The van der Waals surface area contributed by atoms with E-state index < -0.39 is 11.9 Å². The van der Waals surface area contributed by atoms with E-state index in [1.165, 1.54) is 21.2 Å². The van der Waals surface area contributed by atoms with Crippen LogP contribution in [0.2, 0.25) is 5.02 Å². The number of halogens is 1. The van der Waals surface area contributed by atoms with Crippen molar-refractivity contribution < 1.29 is 19.8 Å². The Hall–Kier alpha value is -2.48. The Kier molecular flexibility index (Phi) is 7.72. The largest absolute Gasteiger partial charge is 0.478 e. The normalized spacial score (nSPS) is 12.0. The zero-order valence-electron chi connectivity index (χ0n) is 14.3. The summed E-state index contributed by atoms with van der Waals surface area (Å²) in [6, 6.07) is 14.5. The maximum absolute atomic E-state index is 9.55. The van der Waals surface area contributed by atoms with Gasteiger partial charge in [0.25, 0.3) is 0 Å². The van der Waals surface area contributed by atoms with Crippen molar-refractivity contribution >= 4 is 46.7 Å². The van der Waals surface area contributed by atoms with Crippen molar-refractivity contribution in [1.82, 2.24) is 0 Å². The van der Waals surface area contributed by atoms with Crippen LogP contribution in [0.25, 0.3) is 0 Å². The summed E-state index contributed by atoms with van der Waals surface area (Å²) in [5, 5.41) is 16.4. The number of nitrogens with zero attached hydrogens (tertiary/aromatic N) is 1. The van der Waals surface area contributed by atoms with Crippen LogP contribution >= 0.6 is 23.4 Å². The molecule has 0 saturated heterocycles. The van der Waals surface area contributed by atoms with Crippen LogP contribution in [0.1, 0.15) is 6.42 Å². The summed E-state index contributed by atoms with van der Waals surface area (Å²) in [5.41, 5.74) is 8.09. The molecule has 0 bridgehead atoms. The molecule has 2 aromatic rings. The molecule has 8 heteroatoms. The summed E-state index contributed by atoms with van der Waals surface area (Å²) in [7, 11) is 0. The lowest BCUT2D eigenvalue weighted by Crippen LogP contribution is -2.23. The van der Waals surface area contributed by atoms with Crippen molar-refractivity contribution in [2.75, 3.05) is 18.0 Å². The second-order valence-electron chi connectivity index (χ2n) is 5.49. The van der Waals surface area contributed by atoms with Gasteiger partial charge in [0, 0.05) is 33.5 Å². The number of rotatable bonds is 5. The number of carbonyl (C=O) groups is 2. The molecule has 0 radical (unpaired) electrons. The highest BCUT2D eigenvalue weighted by atomic mass is 35.5. The number of aliphatic carboxylic acids is 2. The number of carboxylic acid groups (broad SMARTS) is 2. The van der Waals surface area contributed by atoms with E-state index in [1.807, 2.05) is 12.1 Å². The van der Waals surface area contributed by atoms with Gasteiger partial charge in [-0.2, -0.15) is 0 Å². The van der Waals surface area contributed by atoms with Crippen LogP contribution in [0.4, 0.5) is 11.4 Å². The molecular weight excluding hydrogens is 388 g/mol.